The quantitative estimate of drug-likeness (QED) is 0.792. The number of aryl methyl sites for hydroxylation is 1. The second-order valence-electron chi connectivity index (χ2n) is 6.53. The lowest BCUT2D eigenvalue weighted by Gasteiger charge is -2.37. The maximum absolute atomic E-state index is 12.7. The first-order chi connectivity index (χ1) is 10.6. The van der Waals surface area contributed by atoms with Crippen molar-refractivity contribution in [3.8, 4) is 0 Å². The van der Waals surface area contributed by atoms with Crippen molar-refractivity contribution < 1.29 is 9.53 Å². The van der Waals surface area contributed by atoms with Crippen molar-refractivity contribution in [2.75, 3.05) is 53.4 Å². The zero-order valence-corrected chi connectivity index (χ0v) is 13.7. The molecule has 0 radical (unpaired) electrons. The Morgan fingerprint density at radius 1 is 1.41 bits per heavy atom. The average molecular weight is 306 g/mol. The molecule has 1 amide bonds. The average Bonchev–Trinajstić information content (AvgIpc) is 3.10. The van der Waals surface area contributed by atoms with Gasteiger partial charge in [0.15, 0.2) is 0 Å². The highest BCUT2D eigenvalue weighted by Gasteiger charge is 2.42. The predicted octanol–water partition coefficient (Wildman–Crippen LogP) is 0.112. The van der Waals surface area contributed by atoms with Crippen LogP contribution in [0.2, 0.25) is 0 Å². The molecule has 0 aliphatic carbocycles. The van der Waals surface area contributed by atoms with Gasteiger partial charge in [-0.05, 0) is 26.2 Å². The molecule has 0 N–H and O–H groups in total. The Hall–Kier alpha value is -1.37. The second kappa shape index (κ2) is 6.40. The third kappa shape index (κ3) is 3.04. The first kappa shape index (κ1) is 15.5. The molecular formula is C16H26N4O2. The lowest BCUT2D eigenvalue weighted by atomic mass is 10.1. The van der Waals surface area contributed by atoms with Crippen LogP contribution in [0.25, 0.3) is 0 Å². The first-order valence-electron chi connectivity index (χ1n) is 7.97. The Labute approximate surface area is 132 Å². The number of carbonyl (C=O) groups is 1. The van der Waals surface area contributed by atoms with E-state index < -0.39 is 0 Å². The molecule has 2 aliphatic rings. The number of likely N-dealkylation sites (tertiary alicyclic amines) is 1. The SMILES string of the molecule is CN(C)CCN1CCO[C@@H]2CN(C(=O)c3cccn3C)C[C@@H]21. The van der Waals surface area contributed by atoms with Gasteiger partial charge >= 0.3 is 0 Å². The summed E-state index contributed by atoms with van der Waals surface area (Å²) < 4.78 is 7.79. The number of hydrogen-bond acceptors (Lipinski definition) is 4. The minimum atomic E-state index is 0.109. The first-order valence-corrected chi connectivity index (χ1v) is 7.97. The largest absolute Gasteiger partial charge is 0.373 e. The van der Waals surface area contributed by atoms with E-state index in [-0.39, 0.29) is 12.0 Å². The fourth-order valence-corrected chi connectivity index (χ4v) is 3.38. The van der Waals surface area contributed by atoms with Crippen molar-refractivity contribution in [1.82, 2.24) is 19.3 Å². The van der Waals surface area contributed by atoms with Crippen LogP contribution in [0.3, 0.4) is 0 Å². The smallest absolute Gasteiger partial charge is 0.270 e. The van der Waals surface area contributed by atoms with Gasteiger partial charge in [0.25, 0.3) is 5.91 Å². The molecule has 1 aromatic heterocycles. The number of rotatable bonds is 4. The maximum atomic E-state index is 12.7. The highest BCUT2D eigenvalue weighted by molar-refractivity contribution is 5.93. The third-order valence-electron chi connectivity index (χ3n) is 4.70. The third-order valence-corrected chi connectivity index (χ3v) is 4.70. The highest BCUT2D eigenvalue weighted by atomic mass is 16.5. The van der Waals surface area contributed by atoms with Crippen LogP contribution in [0, 0.1) is 0 Å². The summed E-state index contributed by atoms with van der Waals surface area (Å²) in [5.74, 6) is 0.109. The van der Waals surface area contributed by atoms with Gasteiger partial charge in [0, 0.05) is 46.0 Å². The van der Waals surface area contributed by atoms with Gasteiger partial charge in [0.1, 0.15) is 5.69 Å². The van der Waals surface area contributed by atoms with E-state index in [0.717, 1.165) is 38.5 Å². The van der Waals surface area contributed by atoms with Gasteiger partial charge < -0.3 is 19.1 Å². The van der Waals surface area contributed by atoms with Crippen molar-refractivity contribution >= 4 is 5.91 Å². The predicted molar refractivity (Wildman–Crippen MR) is 85.0 cm³/mol. The van der Waals surface area contributed by atoms with Gasteiger partial charge in [-0.15, -0.1) is 0 Å². The summed E-state index contributed by atoms with van der Waals surface area (Å²) in [7, 11) is 6.10. The Morgan fingerprint density at radius 3 is 2.91 bits per heavy atom. The number of nitrogens with zero attached hydrogens (tertiary/aromatic N) is 4. The van der Waals surface area contributed by atoms with E-state index in [1.165, 1.54) is 0 Å². The molecule has 6 nitrogen and oxygen atoms in total. The zero-order valence-electron chi connectivity index (χ0n) is 13.7. The molecule has 122 valence electrons. The lowest BCUT2D eigenvalue weighted by Crippen LogP contribution is -2.52. The summed E-state index contributed by atoms with van der Waals surface area (Å²) in [6, 6.07) is 4.13. The summed E-state index contributed by atoms with van der Waals surface area (Å²) in [4.78, 5) is 19.3. The Bertz CT molecular complexity index is 528. The van der Waals surface area contributed by atoms with Gasteiger partial charge in [-0.3, -0.25) is 9.69 Å². The van der Waals surface area contributed by atoms with Crippen LogP contribution in [0.5, 0.6) is 0 Å². The van der Waals surface area contributed by atoms with Crippen molar-refractivity contribution in [2.24, 2.45) is 7.05 Å². The van der Waals surface area contributed by atoms with Crippen molar-refractivity contribution in [3.05, 3.63) is 24.0 Å². The highest BCUT2D eigenvalue weighted by Crippen LogP contribution is 2.24. The molecule has 0 spiro atoms. The number of fused-ring (bicyclic) bond motifs is 1. The van der Waals surface area contributed by atoms with E-state index in [1.54, 1.807) is 0 Å². The monoisotopic (exact) mass is 306 g/mol. The van der Waals surface area contributed by atoms with Crippen LogP contribution in [0.1, 0.15) is 10.5 Å². The van der Waals surface area contributed by atoms with Crippen molar-refractivity contribution in [2.45, 2.75) is 12.1 Å². The summed E-state index contributed by atoms with van der Waals surface area (Å²) in [6.07, 6.45) is 2.07. The van der Waals surface area contributed by atoms with Crippen molar-refractivity contribution in [3.63, 3.8) is 0 Å². The summed E-state index contributed by atoms with van der Waals surface area (Å²) in [5, 5.41) is 0. The Morgan fingerprint density at radius 2 is 2.23 bits per heavy atom. The maximum Gasteiger partial charge on any atom is 0.270 e. The van der Waals surface area contributed by atoms with Gasteiger partial charge in [-0.2, -0.15) is 0 Å². The minimum Gasteiger partial charge on any atom is -0.373 e. The zero-order chi connectivity index (χ0) is 15.7. The standard InChI is InChI=1S/C16H26N4O2/c1-17(2)7-8-19-9-10-22-15-12-20(11-14(15)19)16(21)13-5-4-6-18(13)3/h4-6,14-15H,7-12H2,1-3H3/t14-,15+/m0/s1. The molecule has 6 heteroatoms. The molecule has 22 heavy (non-hydrogen) atoms. The number of carbonyl (C=O) groups excluding carboxylic acids is 1. The summed E-state index contributed by atoms with van der Waals surface area (Å²) in [6.45, 7) is 5.26. The molecule has 3 heterocycles. The van der Waals surface area contributed by atoms with Crippen LogP contribution in [0.15, 0.2) is 18.3 Å². The molecule has 0 bridgehead atoms. The molecular weight excluding hydrogens is 280 g/mol. The number of hydrogen-bond donors (Lipinski definition) is 0. The Kier molecular flexibility index (Phi) is 4.52. The van der Waals surface area contributed by atoms with Gasteiger partial charge in [-0.25, -0.2) is 0 Å². The van der Waals surface area contributed by atoms with E-state index in [0.29, 0.717) is 12.6 Å². The van der Waals surface area contributed by atoms with Gasteiger partial charge in [-0.1, -0.05) is 0 Å². The molecule has 2 atom stereocenters. The van der Waals surface area contributed by atoms with E-state index in [9.17, 15) is 4.79 Å². The van der Waals surface area contributed by atoms with Crippen molar-refractivity contribution in [1.29, 1.82) is 0 Å². The minimum absolute atomic E-state index is 0.109. The van der Waals surface area contributed by atoms with Crippen LogP contribution in [0.4, 0.5) is 0 Å². The van der Waals surface area contributed by atoms with E-state index in [2.05, 4.69) is 23.9 Å². The number of amides is 1. The van der Waals surface area contributed by atoms with Crippen LogP contribution in [-0.4, -0.2) is 90.7 Å². The van der Waals surface area contributed by atoms with Crippen LogP contribution in [-0.2, 0) is 11.8 Å². The lowest BCUT2D eigenvalue weighted by molar-refractivity contribution is -0.0482. The number of aromatic nitrogens is 1. The van der Waals surface area contributed by atoms with Crippen LogP contribution < -0.4 is 0 Å². The fourth-order valence-electron chi connectivity index (χ4n) is 3.38. The topological polar surface area (TPSA) is 41.0 Å². The van der Waals surface area contributed by atoms with Gasteiger partial charge in [0.05, 0.1) is 18.8 Å². The van der Waals surface area contributed by atoms with E-state index >= 15 is 0 Å². The van der Waals surface area contributed by atoms with E-state index in [1.807, 2.05) is 34.8 Å². The Balaban J connectivity index is 1.66. The van der Waals surface area contributed by atoms with Gasteiger partial charge in [0.2, 0.25) is 0 Å². The summed E-state index contributed by atoms with van der Waals surface area (Å²) >= 11 is 0. The molecule has 2 aliphatic heterocycles. The number of ether oxygens (including phenoxy) is 1. The van der Waals surface area contributed by atoms with Crippen LogP contribution >= 0.6 is 0 Å². The number of morpholine rings is 1. The normalized spacial score (nSPS) is 25.7. The molecule has 0 unspecified atom stereocenters. The van der Waals surface area contributed by atoms with E-state index in [4.69, 9.17) is 4.74 Å². The summed E-state index contributed by atoms with van der Waals surface area (Å²) in [5.41, 5.74) is 0.749. The molecule has 0 saturated carbocycles. The number of likely N-dealkylation sites (N-methyl/N-ethyl adjacent to an activating group) is 1. The fraction of sp³-hybridized carbons (Fsp3) is 0.688. The molecule has 3 rings (SSSR count). The second-order valence-corrected chi connectivity index (χ2v) is 6.53. The molecule has 2 saturated heterocycles. The molecule has 0 aromatic carbocycles. The molecule has 2 fully saturated rings. The molecule has 1 aromatic rings.